The molecule has 2 unspecified atom stereocenters. The van der Waals surface area contributed by atoms with E-state index in [0.717, 1.165) is 19.7 Å². The summed E-state index contributed by atoms with van der Waals surface area (Å²) in [4.78, 5) is 0. The van der Waals surface area contributed by atoms with Crippen molar-refractivity contribution in [3.05, 3.63) is 35.4 Å². The molecular weight excluding hydrogens is 222 g/mol. The zero-order chi connectivity index (χ0) is 13.0. The molecule has 2 atom stereocenters. The van der Waals surface area contributed by atoms with Crippen LogP contribution in [0.4, 0.5) is 0 Å². The lowest BCUT2D eigenvalue weighted by molar-refractivity contribution is 0.0899. The van der Waals surface area contributed by atoms with Crippen LogP contribution in [-0.2, 0) is 4.74 Å². The summed E-state index contributed by atoms with van der Waals surface area (Å²) in [6.07, 6.45) is 1.45. The lowest BCUT2D eigenvalue weighted by Crippen LogP contribution is -2.28. The molecule has 2 nitrogen and oxygen atoms in total. The number of ether oxygens (including phenoxy) is 1. The Morgan fingerprint density at radius 2 is 2.11 bits per heavy atom. The van der Waals surface area contributed by atoms with E-state index in [1.807, 2.05) is 0 Å². The van der Waals surface area contributed by atoms with Crippen molar-refractivity contribution in [1.82, 2.24) is 5.32 Å². The maximum absolute atomic E-state index is 5.95. The van der Waals surface area contributed by atoms with Crippen LogP contribution in [0, 0.1) is 18.8 Å². The van der Waals surface area contributed by atoms with Crippen molar-refractivity contribution in [1.29, 1.82) is 0 Å². The molecule has 1 aromatic rings. The van der Waals surface area contributed by atoms with Gasteiger partial charge in [-0.3, -0.25) is 0 Å². The first kappa shape index (κ1) is 13.6. The van der Waals surface area contributed by atoms with Gasteiger partial charge in [-0.25, -0.2) is 0 Å². The van der Waals surface area contributed by atoms with E-state index in [4.69, 9.17) is 4.74 Å². The van der Waals surface area contributed by atoms with Gasteiger partial charge in [-0.15, -0.1) is 0 Å². The molecule has 0 bridgehead atoms. The SMILES string of the molecule is Cc1ccccc1C1OCCC1CNCC(C)C. The topological polar surface area (TPSA) is 21.3 Å². The predicted molar refractivity (Wildman–Crippen MR) is 75.7 cm³/mol. The van der Waals surface area contributed by atoms with E-state index >= 15 is 0 Å². The second-order valence-electron chi connectivity index (χ2n) is 5.75. The van der Waals surface area contributed by atoms with Gasteiger partial charge in [-0.05, 0) is 36.9 Å². The largest absolute Gasteiger partial charge is 0.373 e. The highest BCUT2D eigenvalue weighted by atomic mass is 16.5. The first-order chi connectivity index (χ1) is 8.68. The Bertz CT molecular complexity index is 375. The number of nitrogens with one attached hydrogen (secondary N) is 1. The van der Waals surface area contributed by atoms with E-state index in [1.54, 1.807) is 0 Å². The molecule has 1 aliphatic rings. The molecule has 1 aromatic carbocycles. The average Bonchev–Trinajstić information content (AvgIpc) is 2.77. The van der Waals surface area contributed by atoms with E-state index in [1.165, 1.54) is 17.5 Å². The Labute approximate surface area is 111 Å². The Balaban J connectivity index is 1.97. The standard InChI is InChI=1S/C16H25NO/c1-12(2)10-17-11-14-8-9-18-16(14)15-7-5-4-6-13(15)3/h4-7,12,14,16-17H,8-11H2,1-3H3. The first-order valence-electron chi connectivity index (χ1n) is 7.06. The highest BCUT2D eigenvalue weighted by Crippen LogP contribution is 2.35. The van der Waals surface area contributed by atoms with Crippen molar-refractivity contribution in [2.75, 3.05) is 19.7 Å². The van der Waals surface area contributed by atoms with Crippen LogP contribution in [0.2, 0.25) is 0 Å². The molecule has 2 heteroatoms. The fourth-order valence-electron chi connectivity index (χ4n) is 2.65. The maximum atomic E-state index is 5.95. The zero-order valence-corrected chi connectivity index (χ0v) is 11.8. The van der Waals surface area contributed by atoms with Gasteiger partial charge in [-0.2, -0.15) is 0 Å². The predicted octanol–water partition coefficient (Wildman–Crippen LogP) is 3.32. The number of hydrogen-bond acceptors (Lipinski definition) is 2. The summed E-state index contributed by atoms with van der Waals surface area (Å²) in [5, 5.41) is 3.57. The van der Waals surface area contributed by atoms with Crippen molar-refractivity contribution in [2.45, 2.75) is 33.3 Å². The Morgan fingerprint density at radius 1 is 1.33 bits per heavy atom. The quantitative estimate of drug-likeness (QED) is 0.862. The van der Waals surface area contributed by atoms with Crippen LogP contribution in [0.5, 0.6) is 0 Å². The van der Waals surface area contributed by atoms with Gasteiger partial charge in [0.15, 0.2) is 0 Å². The van der Waals surface area contributed by atoms with Gasteiger partial charge in [0.2, 0.25) is 0 Å². The van der Waals surface area contributed by atoms with Crippen molar-refractivity contribution in [3.8, 4) is 0 Å². The smallest absolute Gasteiger partial charge is 0.0868 e. The Morgan fingerprint density at radius 3 is 2.83 bits per heavy atom. The van der Waals surface area contributed by atoms with Crippen molar-refractivity contribution in [2.24, 2.45) is 11.8 Å². The lowest BCUT2D eigenvalue weighted by Gasteiger charge is -2.21. The van der Waals surface area contributed by atoms with E-state index in [-0.39, 0.29) is 6.10 Å². The molecular formula is C16H25NO. The van der Waals surface area contributed by atoms with E-state index < -0.39 is 0 Å². The average molecular weight is 247 g/mol. The Hall–Kier alpha value is -0.860. The minimum absolute atomic E-state index is 0.283. The van der Waals surface area contributed by atoms with Gasteiger partial charge in [0.1, 0.15) is 0 Å². The molecule has 0 amide bonds. The summed E-state index contributed by atoms with van der Waals surface area (Å²) < 4.78 is 5.95. The summed E-state index contributed by atoms with van der Waals surface area (Å²) in [5.41, 5.74) is 2.71. The number of hydrogen-bond donors (Lipinski definition) is 1. The van der Waals surface area contributed by atoms with Crippen LogP contribution >= 0.6 is 0 Å². The summed E-state index contributed by atoms with van der Waals surface area (Å²) in [6, 6.07) is 8.60. The zero-order valence-electron chi connectivity index (χ0n) is 11.8. The molecule has 100 valence electrons. The normalized spacial score (nSPS) is 23.8. The molecule has 1 N–H and O–H groups in total. The van der Waals surface area contributed by atoms with Crippen molar-refractivity contribution < 1.29 is 4.74 Å². The highest BCUT2D eigenvalue weighted by molar-refractivity contribution is 5.28. The molecule has 0 saturated carbocycles. The molecule has 18 heavy (non-hydrogen) atoms. The van der Waals surface area contributed by atoms with Crippen LogP contribution in [0.15, 0.2) is 24.3 Å². The minimum atomic E-state index is 0.283. The summed E-state index contributed by atoms with van der Waals surface area (Å²) in [5.74, 6) is 1.33. The van der Waals surface area contributed by atoms with Crippen molar-refractivity contribution in [3.63, 3.8) is 0 Å². The second-order valence-corrected chi connectivity index (χ2v) is 5.75. The molecule has 1 aliphatic heterocycles. The summed E-state index contributed by atoms with van der Waals surface area (Å²) in [7, 11) is 0. The summed E-state index contributed by atoms with van der Waals surface area (Å²) in [6.45, 7) is 9.73. The van der Waals surface area contributed by atoms with Gasteiger partial charge in [0, 0.05) is 19.1 Å². The van der Waals surface area contributed by atoms with E-state index in [2.05, 4.69) is 50.4 Å². The monoisotopic (exact) mass is 247 g/mol. The van der Waals surface area contributed by atoms with Crippen molar-refractivity contribution >= 4 is 0 Å². The third-order valence-electron chi connectivity index (χ3n) is 3.67. The van der Waals surface area contributed by atoms with Gasteiger partial charge in [0.05, 0.1) is 6.10 Å². The minimum Gasteiger partial charge on any atom is -0.373 e. The third-order valence-corrected chi connectivity index (χ3v) is 3.67. The van der Waals surface area contributed by atoms with Crippen LogP contribution in [0.25, 0.3) is 0 Å². The fourth-order valence-corrected chi connectivity index (χ4v) is 2.65. The van der Waals surface area contributed by atoms with E-state index in [0.29, 0.717) is 11.8 Å². The Kier molecular flexibility index (Phi) is 4.79. The molecule has 1 saturated heterocycles. The summed E-state index contributed by atoms with van der Waals surface area (Å²) >= 11 is 0. The third kappa shape index (κ3) is 3.33. The van der Waals surface area contributed by atoms with E-state index in [9.17, 15) is 0 Å². The van der Waals surface area contributed by atoms with Crippen LogP contribution in [-0.4, -0.2) is 19.7 Å². The molecule has 0 aromatic heterocycles. The van der Waals surface area contributed by atoms with Gasteiger partial charge in [-0.1, -0.05) is 38.1 Å². The number of benzene rings is 1. The van der Waals surface area contributed by atoms with Gasteiger partial charge < -0.3 is 10.1 Å². The van der Waals surface area contributed by atoms with Gasteiger partial charge in [0.25, 0.3) is 0 Å². The number of rotatable bonds is 5. The van der Waals surface area contributed by atoms with Crippen LogP contribution < -0.4 is 5.32 Å². The number of aryl methyl sites for hydroxylation is 1. The lowest BCUT2D eigenvalue weighted by atomic mass is 9.92. The fraction of sp³-hybridized carbons (Fsp3) is 0.625. The highest BCUT2D eigenvalue weighted by Gasteiger charge is 2.29. The first-order valence-corrected chi connectivity index (χ1v) is 7.06. The van der Waals surface area contributed by atoms with Crippen LogP contribution in [0.3, 0.4) is 0 Å². The molecule has 0 radical (unpaired) electrons. The molecule has 2 rings (SSSR count). The molecule has 1 heterocycles. The maximum Gasteiger partial charge on any atom is 0.0868 e. The molecule has 0 spiro atoms. The van der Waals surface area contributed by atoms with Crippen LogP contribution in [0.1, 0.15) is 37.5 Å². The molecule has 1 fully saturated rings. The van der Waals surface area contributed by atoms with Gasteiger partial charge >= 0.3 is 0 Å². The molecule has 0 aliphatic carbocycles. The second kappa shape index (κ2) is 6.35.